The Morgan fingerprint density at radius 3 is 2.76 bits per heavy atom. The zero-order valence-electron chi connectivity index (χ0n) is 9.43. The van der Waals surface area contributed by atoms with Crippen LogP contribution in [0.15, 0.2) is 48.6 Å². The van der Waals surface area contributed by atoms with E-state index in [-0.39, 0.29) is 0 Å². The number of aromatic amines is 1. The van der Waals surface area contributed by atoms with Crippen LogP contribution in [0.3, 0.4) is 0 Å². The lowest BCUT2D eigenvalue weighted by Gasteiger charge is -2.03. The van der Waals surface area contributed by atoms with Gasteiger partial charge in [0.15, 0.2) is 11.6 Å². The van der Waals surface area contributed by atoms with Gasteiger partial charge in [-0.25, -0.2) is 4.98 Å². The number of nitrogens with zero attached hydrogens (tertiary/aromatic N) is 2. The number of benzene rings is 1. The zero-order chi connectivity index (χ0) is 11.5. The van der Waals surface area contributed by atoms with Crippen LogP contribution in [0.5, 0.6) is 0 Å². The highest BCUT2D eigenvalue weighted by molar-refractivity contribution is 5.65. The van der Waals surface area contributed by atoms with Gasteiger partial charge >= 0.3 is 0 Å². The first-order chi connectivity index (χ1) is 8.43. The largest absolute Gasteiger partial charge is 0.259 e. The second-order valence-corrected chi connectivity index (χ2v) is 4.03. The van der Waals surface area contributed by atoms with Crippen molar-refractivity contribution in [3.63, 3.8) is 0 Å². The van der Waals surface area contributed by atoms with Crippen molar-refractivity contribution in [1.29, 1.82) is 0 Å². The third-order valence-corrected chi connectivity index (χ3v) is 2.83. The second kappa shape index (κ2) is 4.37. The lowest BCUT2D eigenvalue weighted by Crippen LogP contribution is -1.90. The van der Waals surface area contributed by atoms with Gasteiger partial charge in [-0.05, 0) is 18.4 Å². The smallest absolute Gasteiger partial charge is 0.177 e. The molecule has 3 heteroatoms. The summed E-state index contributed by atoms with van der Waals surface area (Å²) in [6.07, 6.45) is 8.40. The molecule has 0 aliphatic heterocycles. The van der Waals surface area contributed by atoms with Crippen LogP contribution < -0.4 is 0 Å². The number of hydrogen-bond acceptors (Lipinski definition) is 2. The van der Waals surface area contributed by atoms with Crippen LogP contribution in [-0.2, 0) is 0 Å². The van der Waals surface area contributed by atoms with E-state index in [4.69, 9.17) is 0 Å². The average Bonchev–Trinajstić information content (AvgIpc) is 2.90. The molecule has 0 radical (unpaired) electrons. The van der Waals surface area contributed by atoms with Gasteiger partial charge in [0.05, 0.1) is 0 Å². The van der Waals surface area contributed by atoms with Crippen LogP contribution in [0.25, 0.3) is 17.0 Å². The molecule has 1 aliphatic rings. The summed E-state index contributed by atoms with van der Waals surface area (Å²) < 4.78 is 0. The van der Waals surface area contributed by atoms with E-state index in [1.54, 1.807) is 0 Å². The summed E-state index contributed by atoms with van der Waals surface area (Å²) >= 11 is 0. The van der Waals surface area contributed by atoms with Crippen LogP contribution in [0.1, 0.15) is 18.7 Å². The molecule has 0 unspecified atom stereocenters. The maximum absolute atomic E-state index is 4.54. The molecule has 3 nitrogen and oxygen atoms in total. The van der Waals surface area contributed by atoms with Crippen molar-refractivity contribution >= 4 is 5.57 Å². The number of rotatable bonds is 2. The van der Waals surface area contributed by atoms with E-state index in [0.717, 1.165) is 30.1 Å². The first kappa shape index (κ1) is 10.0. The number of nitrogens with one attached hydrogen (secondary N) is 1. The average molecular weight is 223 g/mol. The van der Waals surface area contributed by atoms with Crippen LogP contribution >= 0.6 is 0 Å². The first-order valence-electron chi connectivity index (χ1n) is 5.77. The number of hydrogen-bond donors (Lipinski definition) is 1. The predicted octanol–water partition coefficient (Wildman–Crippen LogP) is 3.21. The van der Waals surface area contributed by atoms with Gasteiger partial charge in [-0.1, -0.05) is 48.6 Å². The van der Waals surface area contributed by atoms with E-state index >= 15 is 0 Å². The van der Waals surface area contributed by atoms with E-state index in [2.05, 4.69) is 33.4 Å². The summed E-state index contributed by atoms with van der Waals surface area (Å²) in [6.45, 7) is 0. The summed E-state index contributed by atoms with van der Waals surface area (Å²) in [7, 11) is 0. The normalized spacial score (nSPS) is 14.7. The van der Waals surface area contributed by atoms with Crippen molar-refractivity contribution in [2.75, 3.05) is 0 Å². The number of H-pyrrole nitrogens is 1. The highest BCUT2D eigenvalue weighted by Crippen LogP contribution is 2.22. The molecule has 1 N–H and O–H groups in total. The summed E-state index contributed by atoms with van der Waals surface area (Å²) in [4.78, 5) is 4.54. The zero-order valence-corrected chi connectivity index (χ0v) is 9.43. The summed E-state index contributed by atoms with van der Waals surface area (Å²) in [5.41, 5.74) is 2.27. The molecule has 2 aromatic rings. The molecule has 0 spiro atoms. The minimum absolute atomic E-state index is 0.813. The summed E-state index contributed by atoms with van der Waals surface area (Å²) in [5.74, 6) is 1.64. The minimum atomic E-state index is 0.813. The quantitative estimate of drug-likeness (QED) is 0.849. The molecule has 0 bridgehead atoms. The molecular weight excluding hydrogens is 210 g/mol. The fourth-order valence-corrected chi connectivity index (χ4v) is 1.92. The predicted molar refractivity (Wildman–Crippen MR) is 68.2 cm³/mol. The standard InChI is InChI=1S/C14H13N3/c1-3-7-11(8-4-1)13-15-14(17-16-13)12-9-5-2-6-10-12/h1-5,7-9H,6,10H2,(H,15,16,17). The van der Waals surface area contributed by atoms with Crippen molar-refractivity contribution in [2.24, 2.45) is 0 Å². The maximum atomic E-state index is 4.54. The van der Waals surface area contributed by atoms with Gasteiger partial charge in [0.2, 0.25) is 0 Å². The SMILES string of the molecule is C1=CCCC(c2n[nH]c(-c3ccccc3)n2)=C1. The molecule has 0 fully saturated rings. The lowest BCUT2D eigenvalue weighted by molar-refractivity contribution is 1.00. The van der Waals surface area contributed by atoms with Crippen LogP contribution in [-0.4, -0.2) is 15.2 Å². The van der Waals surface area contributed by atoms with E-state index in [0.29, 0.717) is 0 Å². The molecule has 0 amide bonds. The van der Waals surface area contributed by atoms with Crippen molar-refractivity contribution < 1.29 is 0 Å². The number of aromatic nitrogens is 3. The van der Waals surface area contributed by atoms with Gasteiger partial charge in [-0.3, -0.25) is 5.10 Å². The van der Waals surface area contributed by atoms with Gasteiger partial charge in [-0.2, -0.15) is 5.10 Å². The van der Waals surface area contributed by atoms with Crippen molar-refractivity contribution in [3.8, 4) is 11.4 Å². The summed E-state index contributed by atoms with van der Waals surface area (Å²) in [5, 5.41) is 7.27. The molecule has 3 rings (SSSR count). The van der Waals surface area contributed by atoms with Crippen LogP contribution in [0.4, 0.5) is 0 Å². The topological polar surface area (TPSA) is 41.6 Å². The molecule has 17 heavy (non-hydrogen) atoms. The Balaban J connectivity index is 1.93. The Morgan fingerprint density at radius 1 is 1.12 bits per heavy atom. The van der Waals surface area contributed by atoms with Crippen molar-refractivity contribution in [1.82, 2.24) is 15.2 Å². The fraction of sp³-hybridized carbons (Fsp3) is 0.143. The summed E-state index contributed by atoms with van der Waals surface area (Å²) in [6, 6.07) is 10.1. The van der Waals surface area contributed by atoms with Gasteiger partial charge in [0, 0.05) is 5.56 Å². The molecule has 0 atom stereocenters. The Morgan fingerprint density at radius 2 is 2.00 bits per heavy atom. The second-order valence-electron chi connectivity index (χ2n) is 4.03. The molecule has 0 saturated heterocycles. The minimum Gasteiger partial charge on any atom is -0.259 e. The molecule has 84 valence electrons. The molecule has 1 aromatic carbocycles. The third-order valence-electron chi connectivity index (χ3n) is 2.83. The van der Waals surface area contributed by atoms with Crippen molar-refractivity contribution in [3.05, 3.63) is 54.4 Å². The molecule has 1 aromatic heterocycles. The molecule has 1 aliphatic carbocycles. The van der Waals surface area contributed by atoms with Gasteiger partial charge in [-0.15, -0.1) is 0 Å². The van der Waals surface area contributed by atoms with E-state index in [1.807, 2.05) is 30.3 Å². The molecule has 1 heterocycles. The van der Waals surface area contributed by atoms with Gasteiger partial charge in [0.1, 0.15) is 0 Å². The Kier molecular flexibility index (Phi) is 2.58. The monoisotopic (exact) mass is 223 g/mol. The first-order valence-corrected chi connectivity index (χ1v) is 5.77. The highest BCUT2D eigenvalue weighted by Gasteiger charge is 2.10. The van der Waals surface area contributed by atoms with Crippen molar-refractivity contribution in [2.45, 2.75) is 12.8 Å². The third kappa shape index (κ3) is 2.04. The fourth-order valence-electron chi connectivity index (χ4n) is 1.92. The van der Waals surface area contributed by atoms with E-state index < -0.39 is 0 Å². The van der Waals surface area contributed by atoms with Gasteiger partial charge < -0.3 is 0 Å². The van der Waals surface area contributed by atoms with Gasteiger partial charge in [0.25, 0.3) is 0 Å². The van der Waals surface area contributed by atoms with E-state index in [1.165, 1.54) is 5.57 Å². The maximum Gasteiger partial charge on any atom is 0.177 e. The Hall–Kier alpha value is -2.16. The lowest BCUT2D eigenvalue weighted by atomic mass is 10.1. The van der Waals surface area contributed by atoms with E-state index in [9.17, 15) is 0 Å². The number of allylic oxidation sites excluding steroid dienone is 4. The Labute approximate surface area is 99.9 Å². The van der Waals surface area contributed by atoms with Crippen LogP contribution in [0.2, 0.25) is 0 Å². The highest BCUT2D eigenvalue weighted by atomic mass is 15.2. The van der Waals surface area contributed by atoms with Crippen LogP contribution in [0, 0.1) is 0 Å². The Bertz CT molecular complexity index is 564. The molecular formula is C14H13N3. The molecule has 0 saturated carbocycles.